The van der Waals surface area contributed by atoms with E-state index in [1.165, 1.54) is 27.9 Å². The Bertz CT molecular complexity index is 844. The Morgan fingerprint density at radius 2 is 2.04 bits per heavy atom. The van der Waals surface area contributed by atoms with Crippen molar-refractivity contribution < 1.29 is 4.74 Å². The summed E-state index contributed by atoms with van der Waals surface area (Å²) in [6.45, 7) is 9.21. The molecule has 25 heavy (non-hydrogen) atoms. The monoisotopic (exact) mass is 338 g/mol. The molecule has 1 aliphatic heterocycles. The van der Waals surface area contributed by atoms with Gasteiger partial charge in [-0.05, 0) is 25.0 Å². The highest BCUT2D eigenvalue weighted by atomic mass is 16.5. The summed E-state index contributed by atoms with van der Waals surface area (Å²) in [7, 11) is 0. The first-order valence-electron chi connectivity index (χ1n) is 9.17. The molecule has 0 aliphatic carbocycles. The number of aromatic nitrogens is 3. The van der Waals surface area contributed by atoms with E-state index < -0.39 is 0 Å². The third-order valence-corrected chi connectivity index (χ3v) is 5.33. The van der Waals surface area contributed by atoms with E-state index in [4.69, 9.17) is 4.74 Å². The largest absolute Gasteiger partial charge is 0.379 e. The standard InChI is InChI=1S/C20H26N4O/c1-3-16(13-23-8-10-25-11-9-23)24-14-21-12-19(24)20-15(2)17-6-4-5-7-18(17)22-20/h4-7,12,14,16,22H,3,8-11,13H2,1-2H3. The average Bonchev–Trinajstić information content (AvgIpc) is 3.25. The van der Waals surface area contributed by atoms with E-state index in [0.717, 1.165) is 39.3 Å². The van der Waals surface area contributed by atoms with Crippen LogP contribution in [0.3, 0.4) is 0 Å². The van der Waals surface area contributed by atoms with Crippen LogP contribution in [-0.4, -0.2) is 52.3 Å². The van der Waals surface area contributed by atoms with Crippen LogP contribution >= 0.6 is 0 Å². The van der Waals surface area contributed by atoms with Gasteiger partial charge in [0.25, 0.3) is 0 Å². The highest BCUT2D eigenvalue weighted by molar-refractivity contribution is 5.89. The molecule has 0 spiro atoms. The SMILES string of the molecule is CCC(CN1CCOCC1)n1cncc1-c1[nH]c2ccccc2c1C. The minimum Gasteiger partial charge on any atom is -0.379 e. The fourth-order valence-corrected chi connectivity index (χ4v) is 3.82. The van der Waals surface area contributed by atoms with Gasteiger partial charge in [0, 0.05) is 36.6 Å². The maximum atomic E-state index is 5.48. The summed E-state index contributed by atoms with van der Waals surface area (Å²) in [4.78, 5) is 10.6. The molecule has 1 aliphatic rings. The summed E-state index contributed by atoms with van der Waals surface area (Å²) in [6, 6.07) is 8.90. The summed E-state index contributed by atoms with van der Waals surface area (Å²) in [5.41, 5.74) is 4.83. The first-order valence-corrected chi connectivity index (χ1v) is 9.17. The second-order valence-corrected chi connectivity index (χ2v) is 6.83. The Kier molecular flexibility index (Phi) is 4.59. The molecule has 1 N–H and O–H groups in total. The molecular formula is C20H26N4O. The van der Waals surface area contributed by atoms with Crippen LogP contribution in [0, 0.1) is 6.92 Å². The number of fused-ring (bicyclic) bond motifs is 1. The van der Waals surface area contributed by atoms with E-state index in [2.05, 4.69) is 57.5 Å². The van der Waals surface area contributed by atoms with Crippen LogP contribution in [-0.2, 0) is 4.74 Å². The Morgan fingerprint density at radius 1 is 1.24 bits per heavy atom. The summed E-state index contributed by atoms with van der Waals surface area (Å²) in [5, 5.41) is 1.28. The highest BCUT2D eigenvalue weighted by Gasteiger charge is 2.21. The van der Waals surface area contributed by atoms with Crippen LogP contribution in [0.2, 0.25) is 0 Å². The van der Waals surface area contributed by atoms with Gasteiger partial charge in [0.15, 0.2) is 0 Å². The highest BCUT2D eigenvalue weighted by Crippen LogP contribution is 2.31. The Balaban J connectivity index is 1.67. The number of benzene rings is 1. The predicted octanol–water partition coefficient (Wildman–Crippen LogP) is 3.62. The van der Waals surface area contributed by atoms with Crippen molar-refractivity contribution in [2.45, 2.75) is 26.3 Å². The topological polar surface area (TPSA) is 46.1 Å². The Hall–Kier alpha value is -2.11. The number of hydrogen-bond acceptors (Lipinski definition) is 3. The number of aryl methyl sites for hydroxylation is 1. The molecule has 5 nitrogen and oxygen atoms in total. The van der Waals surface area contributed by atoms with Gasteiger partial charge in [0.1, 0.15) is 0 Å². The van der Waals surface area contributed by atoms with Crippen molar-refractivity contribution in [2.75, 3.05) is 32.8 Å². The molecule has 1 atom stereocenters. The summed E-state index contributed by atoms with van der Waals surface area (Å²) in [5.74, 6) is 0. The van der Waals surface area contributed by atoms with Crippen LogP contribution in [0.25, 0.3) is 22.3 Å². The van der Waals surface area contributed by atoms with Crippen molar-refractivity contribution in [2.24, 2.45) is 0 Å². The number of imidazole rings is 1. The first-order chi connectivity index (χ1) is 12.3. The van der Waals surface area contributed by atoms with Crippen LogP contribution < -0.4 is 0 Å². The fourth-order valence-electron chi connectivity index (χ4n) is 3.82. The maximum Gasteiger partial charge on any atom is 0.0954 e. The number of rotatable bonds is 5. The zero-order valence-electron chi connectivity index (χ0n) is 15.0. The second-order valence-electron chi connectivity index (χ2n) is 6.83. The van der Waals surface area contributed by atoms with Crippen molar-refractivity contribution in [3.05, 3.63) is 42.4 Å². The van der Waals surface area contributed by atoms with E-state index in [9.17, 15) is 0 Å². The number of ether oxygens (including phenoxy) is 1. The fraction of sp³-hybridized carbons (Fsp3) is 0.450. The van der Waals surface area contributed by atoms with Crippen LogP contribution in [0.4, 0.5) is 0 Å². The molecule has 5 heteroatoms. The van der Waals surface area contributed by atoms with Crippen LogP contribution in [0.15, 0.2) is 36.8 Å². The smallest absolute Gasteiger partial charge is 0.0954 e. The zero-order valence-corrected chi connectivity index (χ0v) is 15.0. The lowest BCUT2D eigenvalue weighted by Gasteiger charge is -2.31. The zero-order chi connectivity index (χ0) is 17.2. The molecule has 0 saturated carbocycles. The van der Waals surface area contributed by atoms with Gasteiger partial charge in [0.2, 0.25) is 0 Å². The van der Waals surface area contributed by atoms with Gasteiger partial charge < -0.3 is 14.3 Å². The molecule has 2 aromatic heterocycles. The molecule has 1 unspecified atom stereocenters. The molecule has 3 aromatic rings. The Morgan fingerprint density at radius 3 is 2.80 bits per heavy atom. The summed E-state index contributed by atoms with van der Waals surface area (Å²) in [6.07, 6.45) is 5.05. The van der Waals surface area contributed by atoms with Crippen LogP contribution in [0.1, 0.15) is 24.9 Å². The van der Waals surface area contributed by atoms with Crippen molar-refractivity contribution in [1.82, 2.24) is 19.4 Å². The van der Waals surface area contributed by atoms with E-state index in [1.54, 1.807) is 0 Å². The van der Waals surface area contributed by atoms with E-state index in [1.807, 2.05) is 12.5 Å². The van der Waals surface area contributed by atoms with Gasteiger partial charge in [-0.2, -0.15) is 0 Å². The third kappa shape index (κ3) is 3.10. The molecule has 132 valence electrons. The molecular weight excluding hydrogens is 312 g/mol. The first kappa shape index (κ1) is 16.4. The maximum absolute atomic E-state index is 5.48. The lowest BCUT2D eigenvalue weighted by Crippen LogP contribution is -2.39. The molecule has 0 bridgehead atoms. The molecule has 0 amide bonds. The average molecular weight is 338 g/mol. The predicted molar refractivity (Wildman–Crippen MR) is 101 cm³/mol. The number of H-pyrrole nitrogens is 1. The lowest BCUT2D eigenvalue weighted by molar-refractivity contribution is 0.0313. The number of nitrogens with one attached hydrogen (secondary N) is 1. The van der Waals surface area contributed by atoms with E-state index >= 15 is 0 Å². The number of nitrogens with zero attached hydrogens (tertiary/aromatic N) is 3. The van der Waals surface area contributed by atoms with Gasteiger partial charge in [-0.15, -0.1) is 0 Å². The minimum atomic E-state index is 0.418. The number of para-hydroxylation sites is 1. The van der Waals surface area contributed by atoms with Crippen molar-refractivity contribution in [1.29, 1.82) is 0 Å². The molecule has 1 saturated heterocycles. The number of hydrogen-bond donors (Lipinski definition) is 1. The van der Waals surface area contributed by atoms with E-state index in [0.29, 0.717) is 6.04 Å². The normalized spacial score (nSPS) is 17.2. The van der Waals surface area contributed by atoms with Gasteiger partial charge in [-0.3, -0.25) is 4.90 Å². The minimum absolute atomic E-state index is 0.418. The van der Waals surface area contributed by atoms with Gasteiger partial charge >= 0.3 is 0 Å². The summed E-state index contributed by atoms with van der Waals surface area (Å²) < 4.78 is 7.82. The van der Waals surface area contributed by atoms with Gasteiger partial charge in [-0.1, -0.05) is 25.1 Å². The molecule has 1 fully saturated rings. The second kappa shape index (κ2) is 7.02. The number of aromatic amines is 1. The molecule has 0 radical (unpaired) electrons. The Labute approximate surface area is 148 Å². The summed E-state index contributed by atoms with van der Waals surface area (Å²) >= 11 is 0. The van der Waals surface area contributed by atoms with Crippen molar-refractivity contribution >= 4 is 10.9 Å². The molecule has 3 heterocycles. The van der Waals surface area contributed by atoms with Gasteiger partial charge in [0.05, 0.1) is 37.1 Å². The van der Waals surface area contributed by atoms with Crippen molar-refractivity contribution in [3.8, 4) is 11.4 Å². The van der Waals surface area contributed by atoms with E-state index in [-0.39, 0.29) is 0 Å². The molecule has 1 aromatic carbocycles. The quantitative estimate of drug-likeness (QED) is 0.773. The van der Waals surface area contributed by atoms with Crippen LogP contribution in [0.5, 0.6) is 0 Å². The molecule has 4 rings (SSSR count). The van der Waals surface area contributed by atoms with Crippen molar-refractivity contribution in [3.63, 3.8) is 0 Å². The van der Waals surface area contributed by atoms with Gasteiger partial charge in [-0.25, -0.2) is 4.98 Å². The lowest BCUT2D eigenvalue weighted by atomic mass is 10.1. The number of morpholine rings is 1. The third-order valence-electron chi connectivity index (χ3n) is 5.33.